The Balaban J connectivity index is 1.72. The lowest BCUT2D eigenvalue weighted by Gasteiger charge is -2.18. The van der Waals surface area contributed by atoms with E-state index in [-0.39, 0.29) is 0 Å². The fourth-order valence-electron chi connectivity index (χ4n) is 3.08. The Bertz CT molecular complexity index is 644. The van der Waals surface area contributed by atoms with Gasteiger partial charge in [0.05, 0.1) is 14.2 Å². The Labute approximate surface area is 134 Å². The highest BCUT2D eigenvalue weighted by Gasteiger charge is 2.27. The summed E-state index contributed by atoms with van der Waals surface area (Å²) in [6.07, 6.45) is 3.00. The molecule has 1 atom stereocenters. The Hall–Kier alpha value is -1.79. The van der Waals surface area contributed by atoms with Gasteiger partial charge < -0.3 is 15.2 Å². The maximum Gasteiger partial charge on any atom is 0.180 e. The first-order valence-corrected chi connectivity index (χ1v) is 8.16. The van der Waals surface area contributed by atoms with E-state index in [4.69, 9.17) is 15.2 Å². The first-order chi connectivity index (χ1) is 10.7. The topological polar surface area (TPSA) is 60.6 Å². The molecule has 1 aromatic heterocycles. The summed E-state index contributed by atoms with van der Waals surface area (Å²) in [5.74, 6) is 2.13. The van der Waals surface area contributed by atoms with E-state index in [0.717, 1.165) is 37.6 Å². The van der Waals surface area contributed by atoms with Crippen molar-refractivity contribution in [1.29, 1.82) is 0 Å². The zero-order valence-corrected chi connectivity index (χ0v) is 13.7. The van der Waals surface area contributed by atoms with Gasteiger partial charge in [0.25, 0.3) is 0 Å². The van der Waals surface area contributed by atoms with Crippen LogP contribution in [-0.2, 0) is 6.54 Å². The van der Waals surface area contributed by atoms with Crippen LogP contribution in [0.25, 0.3) is 0 Å². The number of hydrogen-bond acceptors (Lipinski definition) is 6. The van der Waals surface area contributed by atoms with Gasteiger partial charge in [0.2, 0.25) is 0 Å². The van der Waals surface area contributed by atoms with E-state index in [2.05, 4.69) is 16.0 Å². The number of anilines is 1. The molecule has 118 valence electrons. The third-order valence-electron chi connectivity index (χ3n) is 4.10. The molecule has 5 nitrogen and oxygen atoms in total. The molecular formula is C16H21N3O2S. The van der Waals surface area contributed by atoms with Crippen molar-refractivity contribution < 1.29 is 9.47 Å². The zero-order chi connectivity index (χ0) is 15.5. The van der Waals surface area contributed by atoms with Crippen LogP contribution in [0.2, 0.25) is 0 Å². The number of nitrogens with zero attached hydrogens (tertiary/aromatic N) is 2. The smallest absolute Gasteiger partial charge is 0.180 e. The highest BCUT2D eigenvalue weighted by atomic mass is 32.1. The van der Waals surface area contributed by atoms with E-state index in [0.29, 0.717) is 11.0 Å². The number of benzene rings is 1. The SMILES string of the molecule is COc1cccc([C@@H]2CCN(Cc3cnc(N)s3)C2)c1OC. The molecule has 2 aromatic rings. The number of nitrogens with two attached hydrogens (primary N) is 1. The second-order valence-electron chi connectivity index (χ2n) is 5.47. The van der Waals surface area contributed by atoms with Gasteiger partial charge >= 0.3 is 0 Å². The van der Waals surface area contributed by atoms with Crippen LogP contribution in [0.1, 0.15) is 22.8 Å². The van der Waals surface area contributed by atoms with Gasteiger partial charge in [0.1, 0.15) is 0 Å². The fourth-order valence-corrected chi connectivity index (χ4v) is 3.81. The Morgan fingerprint density at radius 1 is 1.36 bits per heavy atom. The fraction of sp³-hybridized carbons (Fsp3) is 0.438. The first kappa shape index (κ1) is 15.1. The molecule has 1 saturated heterocycles. The van der Waals surface area contributed by atoms with Crippen LogP contribution in [-0.4, -0.2) is 37.2 Å². The number of ether oxygens (including phenoxy) is 2. The number of aromatic nitrogens is 1. The molecule has 1 aliphatic rings. The minimum absolute atomic E-state index is 0.468. The molecule has 2 heterocycles. The second kappa shape index (κ2) is 6.54. The monoisotopic (exact) mass is 319 g/mol. The molecule has 6 heteroatoms. The van der Waals surface area contributed by atoms with Crippen molar-refractivity contribution >= 4 is 16.5 Å². The zero-order valence-electron chi connectivity index (χ0n) is 12.9. The van der Waals surface area contributed by atoms with Gasteiger partial charge in [-0.3, -0.25) is 4.90 Å². The number of para-hydroxylation sites is 1. The van der Waals surface area contributed by atoms with Gasteiger partial charge in [0.15, 0.2) is 16.6 Å². The van der Waals surface area contributed by atoms with Crippen molar-refractivity contribution in [3.05, 3.63) is 34.8 Å². The number of nitrogen functional groups attached to an aromatic ring is 1. The van der Waals surface area contributed by atoms with Crippen molar-refractivity contribution in [3.63, 3.8) is 0 Å². The Kier molecular flexibility index (Phi) is 4.49. The van der Waals surface area contributed by atoms with Gasteiger partial charge in [-0.05, 0) is 19.0 Å². The molecule has 1 aromatic carbocycles. The van der Waals surface area contributed by atoms with E-state index in [9.17, 15) is 0 Å². The van der Waals surface area contributed by atoms with Crippen LogP contribution in [0.15, 0.2) is 24.4 Å². The minimum atomic E-state index is 0.468. The van der Waals surface area contributed by atoms with Crippen LogP contribution in [0.4, 0.5) is 5.13 Å². The average Bonchev–Trinajstić information content (AvgIpc) is 3.16. The van der Waals surface area contributed by atoms with Gasteiger partial charge in [-0.1, -0.05) is 12.1 Å². The lowest BCUT2D eigenvalue weighted by molar-refractivity contribution is 0.325. The van der Waals surface area contributed by atoms with E-state index in [1.54, 1.807) is 25.6 Å². The van der Waals surface area contributed by atoms with Gasteiger partial charge in [-0.15, -0.1) is 11.3 Å². The molecule has 0 spiro atoms. The lowest BCUT2D eigenvalue weighted by Crippen LogP contribution is -2.19. The maximum atomic E-state index is 5.70. The second-order valence-corrected chi connectivity index (χ2v) is 6.62. The molecule has 0 bridgehead atoms. The van der Waals surface area contributed by atoms with Crippen molar-refractivity contribution in [1.82, 2.24) is 9.88 Å². The number of rotatable bonds is 5. The van der Waals surface area contributed by atoms with E-state index < -0.39 is 0 Å². The summed E-state index contributed by atoms with van der Waals surface area (Å²) in [5.41, 5.74) is 6.93. The third kappa shape index (κ3) is 3.03. The molecule has 0 aliphatic carbocycles. The summed E-state index contributed by atoms with van der Waals surface area (Å²) in [7, 11) is 3.38. The highest BCUT2D eigenvalue weighted by molar-refractivity contribution is 7.15. The quantitative estimate of drug-likeness (QED) is 0.918. The molecule has 0 unspecified atom stereocenters. The molecular weight excluding hydrogens is 298 g/mol. The Morgan fingerprint density at radius 2 is 2.23 bits per heavy atom. The van der Waals surface area contributed by atoms with Crippen LogP contribution < -0.4 is 15.2 Å². The predicted molar refractivity (Wildman–Crippen MR) is 88.7 cm³/mol. The van der Waals surface area contributed by atoms with E-state index >= 15 is 0 Å². The van der Waals surface area contributed by atoms with Crippen LogP contribution in [0, 0.1) is 0 Å². The largest absolute Gasteiger partial charge is 0.493 e. The number of hydrogen-bond donors (Lipinski definition) is 1. The molecule has 0 saturated carbocycles. The molecule has 1 fully saturated rings. The molecule has 22 heavy (non-hydrogen) atoms. The first-order valence-electron chi connectivity index (χ1n) is 7.34. The summed E-state index contributed by atoms with van der Waals surface area (Å²) >= 11 is 1.57. The predicted octanol–water partition coefficient (Wildman–Crippen LogP) is 2.73. The van der Waals surface area contributed by atoms with Crippen molar-refractivity contribution in [2.45, 2.75) is 18.9 Å². The van der Waals surface area contributed by atoms with E-state index in [1.165, 1.54) is 10.4 Å². The molecule has 2 N–H and O–H groups in total. The summed E-state index contributed by atoms with van der Waals surface area (Å²) in [4.78, 5) is 7.78. The molecule has 0 radical (unpaired) electrons. The number of thiazole rings is 1. The van der Waals surface area contributed by atoms with Gasteiger partial charge in [-0.2, -0.15) is 0 Å². The van der Waals surface area contributed by atoms with Crippen molar-refractivity contribution in [2.75, 3.05) is 33.0 Å². The Morgan fingerprint density at radius 3 is 2.91 bits per heavy atom. The minimum Gasteiger partial charge on any atom is -0.493 e. The summed E-state index contributed by atoms with van der Waals surface area (Å²) in [6, 6.07) is 6.11. The molecule has 3 rings (SSSR count). The number of methoxy groups -OCH3 is 2. The average molecular weight is 319 g/mol. The lowest BCUT2D eigenvalue weighted by atomic mass is 9.97. The van der Waals surface area contributed by atoms with E-state index in [1.807, 2.05) is 18.3 Å². The van der Waals surface area contributed by atoms with Crippen LogP contribution in [0.3, 0.4) is 0 Å². The van der Waals surface area contributed by atoms with Crippen molar-refractivity contribution in [3.8, 4) is 11.5 Å². The standard InChI is InChI=1S/C16H21N3O2S/c1-20-14-5-3-4-13(15(14)21-2)11-6-7-19(9-11)10-12-8-18-16(17)22-12/h3-5,8,11H,6-7,9-10H2,1-2H3,(H2,17,18)/t11-/m1/s1. The van der Waals surface area contributed by atoms with Crippen molar-refractivity contribution in [2.24, 2.45) is 0 Å². The molecule has 0 amide bonds. The normalized spacial score (nSPS) is 18.5. The van der Waals surface area contributed by atoms with Gasteiger partial charge in [0, 0.05) is 35.6 Å². The van der Waals surface area contributed by atoms with Gasteiger partial charge in [-0.25, -0.2) is 4.98 Å². The third-order valence-corrected chi connectivity index (χ3v) is 4.91. The number of likely N-dealkylation sites (tertiary alicyclic amines) is 1. The summed E-state index contributed by atoms with van der Waals surface area (Å²) in [6.45, 7) is 3.00. The van der Waals surface area contributed by atoms with Crippen LogP contribution >= 0.6 is 11.3 Å². The summed E-state index contributed by atoms with van der Waals surface area (Å²) < 4.78 is 11.0. The summed E-state index contributed by atoms with van der Waals surface area (Å²) in [5, 5.41) is 0.639. The molecule has 1 aliphatic heterocycles. The maximum absolute atomic E-state index is 5.70. The van der Waals surface area contributed by atoms with Crippen LogP contribution in [0.5, 0.6) is 11.5 Å². The highest BCUT2D eigenvalue weighted by Crippen LogP contribution is 2.39.